The van der Waals surface area contributed by atoms with Crippen molar-refractivity contribution in [3.8, 4) is 0 Å². The molecule has 2 aromatic rings. The fraction of sp³-hybridized carbons (Fsp3) is 0.542. The maximum Gasteiger partial charge on any atom is 0.243 e. The number of rotatable bonds is 5. The summed E-state index contributed by atoms with van der Waals surface area (Å²) in [6.45, 7) is 7.90. The second kappa shape index (κ2) is 9.04. The van der Waals surface area contributed by atoms with E-state index in [1.807, 2.05) is 12.1 Å². The van der Waals surface area contributed by atoms with Crippen molar-refractivity contribution in [2.45, 2.75) is 63.3 Å². The van der Waals surface area contributed by atoms with Crippen molar-refractivity contribution in [3.05, 3.63) is 51.7 Å². The van der Waals surface area contributed by atoms with Crippen LogP contribution >= 0.6 is 11.3 Å². The van der Waals surface area contributed by atoms with Gasteiger partial charge in [0.2, 0.25) is 15.9 Å². The number of hydrogen-bond donors (Lipinski definition) is 0. The monoisotopic (exact) mass is 460 g/mol. The van der Waals surface area contributed by atoms with Crippen molar-refractivity contribution < 1.29 is 13.2 Å². The van der Waals surface area contributed by atoms with Gasteiger partial charge in [-0.2, -0.15) is 4.31 Å². The van der Waals surface area contributed by atoms with Gasteiger partial charge in [-0.25, -0.2) is 8.42 Å². The van der Waals surface area contributed by atoms with E-state index in [0.29, 0.717) is 36.7 Å². The van der Waals surface area contributed by atoms with Crippen molar-refractivity contribution in [3.63, 3.8) is 0 Å². The quantitative estimate of drug-likeness (QED) is 0.643. The van der Waals surface area contributed by atoms with E-state index in [1.54, 1.807) is 27.8 Å². The molecule has 168 valence electrons. The normalized spacial score (nSPS) is 20.8. The number of carbonyl (C=O) groups excluding carboxylic acids is 1. The summed E-state index contributed by atoms with van der Waals surface area (Å²) in [5.41, 5.74) is 2.43. The molecule has 2 aliphatic rings. The number of fused-ring (bicyclic) bond motifs is 1. The third-order valence-corrected chi connectivity index (χ3v) is 9.66. The molecule has 1 atom stereocenters. The first kappa shape index (κ1) is 22.5. The van der Waals surface area contributed by atoms with Gasteiger partial charge in [0.15, 0.2) is 0 Å². The summed E-state index contributed by atoms with van der Waals surface area (Å²) in [5, 5.41) is 2.12. The summed E-state index contributed by atoms with van der Waals surface area (Å²) in [6, 6.07) is 9.53. The Morgan fingerprint density at radius 1 is 1.10 bits per heavy atom. The lowest BCUT2D eigenvalue weighted by molar-refractivity contribution is -0.139. The minimum atomic E-state index is -3.52. The smallest absolute Gasteiger partial charge is 0.243 e. The molecule has 1 fully saturated rings. The van der Waals surface area contributed by atoms with Gasteiger partial charge >= 0.3 is 0 Å². The summed E-state index contributed by atoms with van der Waals surface area (Å²) >= 11 is 1.79. The summed E-state index contributed by atoms with van der Waals surface area (Å²) in [5.74, 6) is 0.469. The Kier molecular flexibility index (Phi) is 6.56. The van der Waals surface area contributed by atoms with Crippen LogP contribution in [0, 0.1) is 5.92 Å². The molecule has 31 heavy (non-hydrogen) atoms. The van der Waals surface area contributed by atoms with Crippen LogP contribution in [0.3, 0.4) is 0 Å². The lowest BCUT2D eigenvalue weighted by Gasteiger charge is -2.39. The first-order valence-corrected chi connectivity index (χ1v) is 13.6. The average molecular weight is 461 g/mol. The largest absolute Gasteiger partial charge is 0.335 e. The van der Waals surface area contributed by atoms with Crippen LogP contribution in [0.15, 0.2) is 40.6 Å². The maximum atomic E-state index is 13.3. The Balaban J connectivity index is 1.42. The molecule has 0 N–H and O–H groups in total. The lowest BCUT2D eigenvalue weighted by Crippen LogP contribution is -2.47. The first-order chi connectivity index (χ1) is 14.8. The Bertz CT molecular complexity index is 1020. The molecule has 2 aliphatic heterocycles. The summed E-state index contributed by atoms with van der Waals surface area (Å²) in [6.07, 6.45) is 3.01. The highest BCUT2D eigenvalue weighted by Crippen LogP contribution is 2.37. The first-order valence-electron chi connectivity index (χ1n) is 11.3. The zero-order valence-electron chi connectivity index (χ0n) is 18.6. The SMILES string of the molecule is CCC1c2ccsc2CCN1C(=O)C1CCN(S(=O)(=O)c2ccc(C(C)C)cc2)CC1. The molecular weight excluding hydrogens is 428 g/mol. The van der Waals surface area contributed by atoms with Gasteiger partial charge in [0.05, 0.1) is 10.9 Å². The number of nitrogens with zero attached hydrogens (tertiary/aromatic N) is 2. The molecule has 1 aromatic carbocycles. The molecule has 0 radical (unpaired) electrons. The van der Waals surface area contributed by atoms with Gasteiger partial charge in [-0.3, -0.25) is 4.79 Å². The third-order valence-electron chi connectivity index (χ3n) is 6.75. The van der Waals surface area contributed by atoms with E-state index in [2.05, 4.69) is 37.1 Å². The van der Waals surface area contributed by atoms with Gasteiger partial charge in [-0.05, 0) is 66.3 Å². The maximum absolute atomic E-state index is 13.3. The number of hydrogen-bond acceptors (Lipinski definition) is 4. The molecule has 1 amide bonds. The topological polar surface area (TPSA) is 57.7 Å². The highest BCUT2D eigenvalue weighted by atomic mass is 32.2. The van der Waals surface area contributed by atoms with Gasteiger partial charge < -0.3 is 4.90 Å². The minimum absolute atomic E-state index is 0.0935. The van der Waals surface area contributed by atoms with E-state index in [9.17, 15) is 13.2 Å². The van der Waals surface area contributed by atoms with Gasteiger partial charge in [-0.1, -0.05) is 32.9 Å². The minimum Gasteiger partial charge on any atom is -0.335 e. The Morgan fingerprint density at radius 3 is 2.39 bits per heavy atom. The van der Waals surface area contributed by atoms with E-state index in [0.717, 1.165) is 24.9 Å². The van der Waals surface area contributed by atoms with Crippen molar-refractivity contribution in [2.24, 2.45) is 5.92 Å². The number of thiophene rings is 1. The van der Waals surface area contributed by atoms with Crippen LogP contribution in [-0.2, 0) is 21.2 Å². The van der Waals surface area contributed by atoms with Crippen LogP contribution in [0.5, 0.6) is 0 Å². The Hall–Kier alpha value is -1.70. The number of carbonyl (C=O) groups is 1. The van der Waals surface area contributed by atoms with Gasteiger partial charge in [0.25, 0.3) is 0 Å². The molecule has 3 heterocycles. The van der Waals surface area contributed by atoms with Crippen LogP contribution in [0.2, 0.25) is 0 Å². The standard InChI is InChI=1S/C24H32N2O3S2/c1-4-22-21-12-16-30-23(21)11-15-26(22)24(27)19-9-13-25(14-10-19)31(28,29)20-7-5-18(6-8-20)17(2)3/h5-8,12,16-17,19,22H,4,9-11,13-15H2,1-3H3. The van der Waals surface area contributed by atoms with Crippen LogP contribution in [0.25, 0.3) is 0 Å². The highest BCUT2D eigenvalue weighted by molar-refractivity contribution is 7.89. The van der Waals surface area contributed by atoms with Gasteiger partial charge in [-0.15, -0.1) is 11.3 Å². The second-order valence-corrected chi connectivity index (χ2v) is 11.8. The fourth-order valence-corrected chi connectivity index (χ4v) is 7.25. The molecule has 0 aliphatic carbocycles. The molecule has 5 nitrogen and oxygen atoms in total. The zero-order chi connectivity index (χ0) is 22.2. The molecule has 0 saturated carbocycles. The third kappa shape index (κ3) is 4.32. The molecule has 1 unspecified atom stereocenters. The van der Waals surface area contributed by atoms with Crippen LogP contribution < -0.4 is 0 Å². The molecule has 7 heteroatoms. The number of sulfonamides is 1. The molecule has 0 spiro atoms. The molecule has 1 aromatic heterocycles. The second-order valence-electron chi connectivity index (χ2n) is 8.91. The van der Waals surface area contributed by atoms with E-state index in [1.165, 1.54) is 10.4 Å². The van der Waals surface area contributed by atoms with E-state index < -0.39 is 10.0 Å². The molecular formula is C24H32N2O3S2. The predicted octanol–water partition coefficient (Wildman–Crippen LogP) is 4.81. The number of piperidine rings is 1. The zero-order valence-corrected chi connectivity index (χ0v) is 20.2. The fourth-order valence-electron chi connectivity index (χ4n) is 4.85. The van der Waals surface area contributed by atoms with Crippen LogP contribution in [-0.4, -0.2) is 43.2 Å². The summed E-state index contributed by atoms with van der Waals surface area (Å²) < 4.78 is 27.7. The Labute approximate surface area is 190 Å². The van der Waals surface area contributed by atoms with E-state index >= 15 is 0 Å². The van der Waals surface area contributed by atoms with E-state index in [-0.39, 0.29) is 17.9 Å². The van der Waals surface area contributed by atoms with Crippen molar-refractivity contribution in [2.75, 3.05) is 19.6 Å². The number of amides is 1. The molecule has 0 bridgehead atoms. The Morgan fingerprint density at radius 2 is 1.77 bits per heavy atom. The van der Waals surface area contributed by atoms with E-state index in [4.69, 9.17) is 0 Å². The average Bonchev–Trinajstić information content (AvgIpc) is 3.27. The molecule has 4 rings (SSSR count). The van der Waals surface area contributed by atoms with Crippen molar-refractivity contribution in [1.82, 2.24) is 9.21 Å². The summed E-state index contributed by atoms with van der Waals surface area (Å²) in [7, 11) is -3.52. The number of benzene rings is 1. The summed E-state index contributed by atoms with van der Waals surface area (Å²) in [4.78, 5) is 17.1. The van der Waals surface area contributed by atoms with Gasteiger partial charge in [0.1, 0.15) is 0 Å². The highest BCUT2D eigenvalue weighted by Gasteiger charge is 2.37. The van der Waals surface area contributed by atoms with Crippen molar-refractivity contribution >= 4 is 27.3 Å². The predicted molar refractivity (Wildman–Crippen MR) is 125 cm³/mol. The van der Waals surface area contributed by atoms with Crippen LogP contribution in [0.1, 0.15) is 68.0 Å². The molecule has 1 saturated heterocycles. The van der Waals surface area contributed by atoms with Crippen LogP contribution in [0.4, 0.5) is 0 Å². The van der Waals surface area contributed by atoms with Gasteiger partial charge in [0, 0.05) is 30.4 Å². The lowest BCUT2D eigenvalue weighted by atomic mass is 9.92. The van der Waals surface area contributed by atoms with Crippen molar-refractivity contribution in [1.29, 1.82) is 0 Å².